The first-order valence-corrected chi connectivity index (χ1v) is 12.1. The van der Waals surface area contributed by atoms with Gasteiger partial charge >= 0.3 is 0 Å². The van der Waals surface area contributed by atoms with Crippen molar-refractivity contribution in [2.75, 3.05) is 26.2 Å². The second-order valence-electron chi connectivity index (χ2n) is 7.88. The fraction of sp³-hybridized carbons (Fsp3) is 0.409. The van der Waals surface area contributed by atoms with Crippen molar-refractivity contribution in [2.24, 2.45) is 4.99 Å². The average molecular weight is 483 g/mol. The van der Waals surface area contributed by atoms with Crippen molar-refractivity contribution >= 4 is 39.9 Å². The number of hydrogen-bond donors (Lipinski definition) is 2. The highest BCUT2D eigenvalue weighted by molar-refractivity contribution is 7.89. The lowest BCUT2D eigenvalue weighted by molar-refractivity contribution is 0.241. The number of nitrogens with one attached hydrogen (secondary N) is 2. The summed E-state index contributed by atoms with van der Waals surface area (Å²) in [7, 11) is -3.53. The van der Waals surface area contributed by atoms with Crippen LogP contribution < -0.4 is 10.6 Å². The quantitative estimate of drug-likeness (QED) is 0.700. The molecule has 2 N–H and O–H groups in total. The third kappa shape index (κ3) is 5.07. The Hall–Kier alpha value is -1.64. The maximum Gasteiger partial charge on any atom is 0.243 e. The number of piperidine rings is 1. The minimum absolute atomic E-state index is 0. The standard InChI is InChI=1S/C22H27ClN4O2S.ClH/c1-17-4-2-3-5-18(17)16-25-21-22(26-13-12-24-21)10-14-27(15-11-22)30(28,29)20-8-6-19(23)7-9-20;/h2-9,26H,10-16H2,1H3,(H,24,25);1H. The summed E-state index contributed by atoms with van der Waals surface area (Å²) in [4.78, 5) is 5.05. The fourth-order valence-corrected chi connectivity index (χ4v) is 5.76. The Kier molecular flexibility index (Phi) is 7.65. The fourth-order valence-electron chi connectivity index (χ4n) is 4.19. The molecule has 1 saturated heterocycles. The monoisotopic (exact) mass is 482 g/mol. The van der Waals surface area contributed by atoms with Gasteiger partial charge in [-0.25, -0.2) is 8.42 Å². The molecule has 0 saturated carbocycles. The Morgan fingerprint density at radius 1 is 1.13 bits per heavy atom. The zero-order valence-corrected chi connectivity index (χ0v) is 19.9. The second-order valence-corrected chi connectivity index (χ2v) is 10.3. The third-order valence-electron chi connectivity index (χ3n) is 6.03. The van der Waals surface area contributed by atoms with Crippen LogP contribution in [0.3, 0.4) is 0 Å². The predicted molar refractivity (Wildman–Crippen MR) is 128 cm³/mol. The highest BCUT2D eigenvalue weighted by Crippen LogP contribution is 2.29. The zero-order chi connectivity index (χ0) is 21.2. The van der Waals surface area contributed by atoms with Gasteiger partial charge in [-0.05, 0) is 55.2 Å². The van der Waals surface area contributed by atoms with Gasteiger partial charge < -0.3 is 10.6 Å². The Balaban J connectivity index is 0.00000272. The molecule has 0 atom stereocenters. The van der Waals surface area contributed by atoms with Crippen LogP contribution >= 0.6 is 24.0 Å². The molecule has 2 aromatic carbocycles. The van der Waals surface area contributed by atoms with Crippen molar-refractivity contribution < 1.29 is 8.42 Å². The minimum Gasteiger partial charge on any atom is -0.368 e. The predicted octanol–water partition coefficient (Wildman–Crippen LogP) is 3.39. The number of halogens is 2. The van der Waals surface area contributed by atoms with Crippen LogP contribution in [0.4, 0.5) is 0 Å². The molecule has 9 heteroatoms. The van der Waals surface area contributed by atoms with Crippen molar-refractivity contribution in [3.8, 4) is 0 Å². The molecule has 4 rings (SSSR count). The highest BCUT2D eigenvalue weighted by Gasteiger charge is 2.43. The van der Waals surface area contributed by atoms with Crippen LogP contribution in [0.2, 0.25) is 5.02 Å². The van der Waals surface area contributed by atoms with Gasteiger partial charge in [0.25, 0.3) is 0 Å². The number of benzene rings is 2. The van der Waals surface area contributed by atoms with Crippen LogP contribution in [0, 0.1) is 6.92 Å². The smallest absolute Gasteiger partial charge is 0.243 e. The van der Waals surface area contributed by atoms with Crippen LogP contribution in [0.1, 0.15) is 24.0 Å². The van der Waals surface area contributed by atoms with E-state index in [0.29, 0.717) is 37.5 Å². The average Bonchev–Trinajstić information content (AvgIpc) is 2.75. The molecule has 6 nitrogen and oxygen atoms in total. The summed E-state index contributed by atoms with van der Waals surface area (Å²) in [5.41, 5.74) is 2.18. The Morgan fingerprint density at radius 2 is 1.81 bits per heavy atom. The molecule has 0 unspecified atom stereocenters. The number of amidine groups is 1. The third-order valence-corrected chi connectivity index (χ3v) is 8.20. The molecule has 2 heterocycles. The van der Waals surface area contributed by atoms with Gasteiger partial charge in [0.05, 0.1) is 17.0 Å². The zero-order valence-electron chi connectivity index (χ0n) is 17.5. The molecule has 168 valence electrons. The molecule has 0 aromatic heterocycles. The SMILES string of the molecule is Cc1ccccc1CNC1=NCCNC12CCN(S(=O)(=O)c1ccc(Cl)cc1)CC2.Cl. The van der Waals surface area contributed by atoms with Crippen LogP contribution in [0.5, 0.6) is 0 Å². The van der Waals surface area contributed by atoms with E-state index in [0.717, 1.165) is 18.9 Å². The van der Waals surface area contributed by atoms with Crippen LogP contribution in [0.25, 0.3) is 0 Å². The Morgan fingerprint density at radius 3 is 2.48 bits per heavy atom. The first kappa shape index (κ1) is 24.0. The normalized spacial score (nSPS) is 18.8. The summed E-state index contributed by atoms with van der Waals surface area (Å²) in [6, 6.07) is 14.7. The molecule has 0 aliphatic carbocycles. The van der Waals surface area contributed by atoms with E-state index in [1.54, 1.807) is 28.6 Å². The topological polar surface area (TPSA) is 73.8 Å². The number of nitrogens with zero attached hydrogens (tertiary/aromatic N) is 2. The number of aryl methyl sites for hydroxylation is 1. The van der Waals surface area contributed by atoms with Crippen LogP contribution in [-0.4, -0.2) is 50.3 Å². The van der Waals surface area contributed by atoms with E-state index in [1.807, 2.05) is 12.1 Å². The number of sulfonamides is 1. The van der Waals surface area contributed by atoms with Gasteiger partial charge in [0, 0.05) is 31.2 Å². The lowest BCUT2D eigenvalue weighted by Crippen LogP contribution is -2.64. The molecule has 0 radical (unpaired) electrons. The number of hydrogen-bond acceptors (Lipinski definition) is 5. The highest BCUT2D eigenvalue weighted by atomic mass is 35.5. The van der Waals surface area contributed by atoms with Crippen LogP contribution in [0.15, 0.2) is 58.4 Å². The first-order chi connectivity index (χ1) is 14.4. The summed E-state index contributed by atoms with van der Waals surface area (Å²) in [6.07, 6.45) is 1.36. The molecule has 0 bridgehead atoms. The molecule has 2 aliphatic heterocycles. The summed E-state index contributed by atoms with van der Waals surface area (Å²) in [5, 5.41) is 7.68. The molecule has 2 aromatic rings. The lowest BCUT2D eigenvalue weighted by Gasteiger charge is -2.44. The summed E-state index contributed by atoms with van der Waals surface area (Å²) in [6.45, 7) is 5.24. The Bertz CT molecular complexity index is 1030. The maximum absolute atomic E-state index is 13.0. The van der Waals surface area contributed by atoms with E-state index in [2.05, 4.69) is 29.7 Å². The van der Waals surface area contributed by atoms with E-state index in [9.17, 15) is 8.42 Å². The van der Waals surface area contributed by atoms with Gasteiger partial charge in [-0.1, -0.05) is 35.9 Å². The van der Waals surface area contributed by atoms with E-state index >= 15 is 0 Å². The molecule has 2 aliphatic rings. The second kappa shape index (κ2) is 9.88. The summed E-state index contributed by atoms with van der Waals surface area (Å²) >= 11 is 5.91. The molecule has 1 spiro atoms. The lowest BCUT2D eigenvalue weighted by atomic mass is 9.85. The summed E-state index contributed by atoms with van der Waals surface area (Å²) in [5.74, 6) is 0.945. The van der Waals surface area contributed by atoms with E-state index in [4.69, 9.17) is 16.6 Å². The van der Waals surface area contributed by atoms with Gasteiger partial charge in [0.1, 0.15) is 5.84 Å². The Labute approximate surface area is 195 Å². The van der Waals surface area contributed by atoms with Crippen molar-refractivity contribution in [2.45, 2.75) is 36.7 Å². The van der Waals surface area contributed by atoms with E-state index in [1.165, 1.54) is 11.1 Å². The van der Waals surface area contributed by atoms with Gasteiger partial charge in [-0.15, -0.1) is 12.4 Å². The van der Waals surface area contributed by atoms with E-state index < -0.39 is 10.0 Å². The minimum atomic E-state index is -3.53. The molecule has 0 amide bonds. The van der Waals surface area contributed by atoms with Crippen LogP contribution in [-0.2, 0) is 16.6 Å². The van der Waals surface area contributed by atoms with Crippen molar-refractivity contribution in [1.29, 1.82) is 0 Å². The van der Waals surface area contributed by atoms with E-state index in [-0.39, 0.29) is 22.8 Å². The van der Waals surface area contributed by atoms with Gasteiger partial charge in [0.2, 0.25) is 10.0 Å². The van der Waals surface area contributed by atoms with Gasteiger partial charge in [-0.3, -0.25) is 4.99 Å². The molecule has 31 heavy (non-hydrogen) atoms. The van der Waals surface area contributed by atoms with Gasteiger partial charge in [-0.2, -0.15) is 4.31 Å². The van der Waals surface area contributed by atoms with Crippen molar-refractivity contribution in [1.82, 2.24) is 14.9 Å². The number of rotatable bonds is 4. The maximum atomic E-state index is 13.0. The first-order valence-electron chi connectivity index (χ1n) is 10.2. The number of aliphatic imine (C=N–C) groups is 1. The van der Waals surface area contributed by atoms with Crippen molar-refractivity contribution in [3.63, 3.8) is 0 Å². The summed E-state index contributed by atoms with van der Waals surface area (Å²) < 4.78 is 27.6. The molecular formula is C22H28Cl2N4O2S. The molecular weight excluding hydrogens is 455 g/mol. The van der Waals surface area contributed by atoms with Gasteiger partial charge in [0.15, 0.2) is 0 Å². The molecule has 1 fully saturated rings. The largest absolute Gasteiger partial charge is 0.368 e. The van der Waals surface area contributed by atoms with Crippen molar-refractivity contribution in [3.05, 3.63) is 64.7 Å².